The maximum atomic E-state index is 3.61. The van der Waals surface area contributed by atoms with Crippen LogP contribution >= 0.6 is 0 Å². The van der Waals surface area contributed by atoms with Gasteiger partial charge in [-0.3, -0.25) is 0 Å². The molecule has 1 aromatic rings. The molecule has 0 bridgehead atoms. The number of benzene rings is 1. The molecule has 1 aliphatic heterocycles. The highest BCUT2D eigenvalue weighted by Gasteiger charge is 2.17. The van der Waals surface area contributed by atoms with Gasteiger partial charge < -0.3 is 10.2 Å². The van der Waals surface area contributed by atoms with Crippen LogP contribution in [0.5, 0.6) is 0 Å². The first-order chi connectivity index (χ1) is 8.78. The monoisotopic (exact) mass is 246 g/mol. The molecule has 2 rings (SSSR count). The van der Waals surface area contributed by atoms with Crippen LogP contribution in [0.25, 0.3) is 0 Å². The normalized spacial score (nSPS) is 18.1. The van der Waals surface area contributed by atoms with Gasteiger partial charge in [0, 0.05) is 6.54 Å². The molecule has 1 aromatic carbocycles. The topological polar surface area (TPSA) is 15.3 Å². The number of aryl methyl sites for hydroxylation is 1. The molecule has 0 unspecified atom stereocenters. The number of hydrogen-bond donors (Lipinski definition) is 1. The van der Waals surface area contributed by atoms with Gasteiger partial charge in [0.05, 0.1) is 0 Å². The van der Waals surface area contributed by atoms with Gasteiger partial charge in [-0.15, -0.1) is 0 Å². The third-order valence-electron chi connectivity index (χ3n) is 4.00. The Bertz CT molecular complexity index is 354. The van der Waals surface area contributed by atoms with Gasteiger partial charge in [0.1, 0.15) is 0 Å². The lowest BCUT2D eigenvalue weighted by molar-refractivity contribution is 0.190. The summed E-state index contributed by atoms with van der Waals surface area (Å²) in [4.78, 5) is 2.55. The van der Waals surface area contributed by atoms with Crippen LogP contribution in [-0.4, -0.2) is 31.1 Å². The quantitative estimate of drug-likeness (QED) is 0.859. The smallest absolute Gasteiger partial charge is 0.0205 e. The van der Waals surface area contributed by atoms with E-state index < -0.39 is 0 Å². The summed E-state index contributed by atoms with van der Waals surface area (Å²) >= 11 is 0. The fourth-order valence-electron chi connectivity index (χ4n) is 2.75. The maximum absolute atomic E-state index is 3.61. The number of nitrogens with one attached hydrogen (secondary N) is 1. The average molecular weight is 246 g/mol. The summed E-state index contributed by atoms with van der Waals surface area (Å²) in [6.07, 6.45) is 2.71. The summed E-state index contributed by atoms with van der Waals surface area (Å²) in [5, 5.41) is 3.61. The Hall–Kier alpha value is -0.860. The third-order valence-corrected chi connectivity index (χ3v) is 4.00. The van der Waals surface area contributed by atoms with Crippen LogP contribution in [0.2, 0.25) is 0 Å². The molecule has 2 heteroatoms. The van der Waals surface area contributed by atoms with Gasteiger partial charge in [-0.1, -0.05) is 36.8 Å². The Morgan fingerprint density at radius 1 is 1.28 bits per heavy atom. The summed E-state index contributed by atoms with van der Waals surface area (Å²) in [6.45, 7) is 10.4. The molecule has 0 amide bonds. The van der Waals surface area contributed by atoms with E-state index in [9.17, 15) is 0 Å². The molecule has 1 fully saturated rings. The zero-order valence-corrected chi connectivity index (χ0v) is 11.8. The first kappa shape index (κ1) is 13.6. The van der Waals surface area contributed by atoms with Crippen LogP contribution in [0, 0.1) is 12.8 Å². The second kappa shape index (κ2) is 6.91. The van der Waals surface area contributed by atoms with E-state index in [0.29, 0.717) is 0 Å². The van der Waals surface area contributed by atoms with Crippen LogP contribution in [0.1, 0.15) is 30.9 Å². The number of likely N-dealkylation sites (tertiary alicyclic amines) is 1. The molecule has 1 heterocycles. The van der Waals surface area contributed by atoms with E-state index in [0.717, 1.165) is 12.5 Å². The molecule has 18 heavy (non-hydrogen) atoms. The van der Waals surface area contributed by atoms with Crippen molar-refractivity contribution in [1.82, 2.24) is 10.2 Å². The van der Waals surface area contributed by atoms with Gasteiger partial charge in [-0.2, -0.15) is 0 Å². The average Bonchev–Trinajstić information content (AvgIpc) is 2.40. The van der Waals surface area contributed by atoms with E-state index >= 15 is 0 Å². The summed E-state index contributed by atoms with van der Waals surface area (Å²) in [6, 6.07) is 8.78. The summed E-state index contributed by atoms with van der Waals surface area (Å²) in [5.41, 5.74) is 2.76. The molecule has 1 N–H and O–H groups in total. The predicted molar refractivity (Wildman–Crippen MR) is 77.7 cm³/mol. The van der Waals surface area contributed by atoms with E-state index in [2.05, 4.69) is 48.3 Å². The van der Waals surface area contributed by atoms with E-state index in [-0.39, 0.29) is 0 Å². The van der Waals surface area contributed by atoms with Crippen molar-refractivity contribution in [1.29, 1.82) is 0 Å². The molecule has 0 saturated carbocycles. The molecule has 0 spiro atoms. The minimum atomic E-state index is 0.873. The lowest BCUT2D eigenvalue weighted by Gasteiger charge is -2.31. The van der Waals surface area contributed by atoms with Crippen molar-refractivity contribution in [2.45, 2.75) is 33.2 Å². The molecule has 2 nitrogen and oxygen atoms in total. The standard InChI is InChI=1S/C16H26N2/c1-3-18-9-7-15(8-10-18)12-17-13-16-6-4-5-14(2)11-16/h4-6,11,15,17H,3,7-10,12-13H2,1-2H3. The first-order valence-electron chi connectivity index (χ1n) is 7.26. The summed E-state index contributed by atoms with van der Waals surface area (Å²) in [7, 11) is 0. The Kier molecular flexibility index (Phi) is 5.21. The van der Waals surface area contributed by atoms with E-state index in [1.165, 1.54) is 50.1 Å². The highest BCUT2D eigenvalue weighted by Crippen LogP contribution is 2.16. The van der Waals surface area contributed by atoms with Crippen LogP contribution in [0.15, 0.2) is 24.3 Å². The van der Waals surface area contributed by atoms with Crippen molar-refractivity contribution in [3.8, 4) is 0 Å². The summed E-state index contributed by atoms with van der Waals surface area (Å²) < 4.78 is 0. The number of rotatable bonds is 5. The van der Waals surface area contributed by atoms with Crippen molar-refractivity contribution in [3.63, 3.8) is 0 Å². The molecule has 0 aromatic heterocycles. The van der Waals surface area contributed by atoms with E-state index in [1.807, 2.05) is 0 Å². The molecular weight excluding hydrogens is 220 g/mol. The molecule has 1 saturated heterocycles. The highest BCUT2D eigenvalue weighted by atomic mass is 15.1. The van der Waals surface area contributed by atoms with Gasteiger partial charge in [0.15, 0.2) is 0 Å². The fraction of sp³-hybridized carbons (Fsp3) is 0.625. The Labute approximate surface area is 111 Å². The molecule has 1 aliphatic rings. The van der Waals surface area contributed by atoms with Gasteiger partial charge in [0.2, 0.25) is 0 Å². The molecule has 0 aliphatic carbocycles. The van der Waals surface area contributed by atoms with Crippen LogP contribution in [0.3, 0.4) is 0 Å². The Morgan fingerprint density at radius 2 is 2.06 bits per heavy atom. The van der Waals surface area contributed by atoms with Crippen molar-refractivity contribution in [3.05, 3.63) is 35.4 Å². The van der Waals surface area contributed by atoms with E-state index in [1.54, 1.807) is 0 Å². The predicted octanol–water partition coefficient (Wildman–Crippen LogP) is 2.82. The SMILES string of the molecule is CCN1CCC(CNCc2cccc(C)c2)CC1. The second-order valence-electron chi connectivity index (χ2n) is 5.50. The van der Waals surface area contributed by atoms with Gasteiger partial charge >= 0.3 is 0 Å². The third kappa shape index (κ3) is 4.11. The lowest BCUT2D eigenvalue weighted by Crippen LogP contribution is -2.36. The zero-order valence-electron chi connectivity index (χ0n) is 11.8. The van der Waals surface area contributed by atoms with Crippen molar-refractivity contribution >= 4 is 0 Å². The van der Waals surface area contributed by atoms with Crippen molar-refractivity contribution < 1.29 is 0 Å². The van der Waals surface area contributed by atoms with Crippen LogP contribution < -0.4 is 5.32 Å². The highest BCUT2D eigenvalue weighted by molar-refractivity contribution is 5.21. The number of nitrogens with zero attached hydrogens (tertiary/aromatic N) is 1. The first-order valence-corrected chi connectivity index (χ1v) is 7.26. The lowest BCUT2D eigenvalue weighted by atomic mass is 9.97. The van der Waals surface area contributed by atoms with Crippen LogP contribution in [-0.2, 0) is 6.54 Å². The Balaban J connectivity index is 1.67. The summed E-state index contributed by atoms with van der Waals surface area (Å²) in [5.74, 6) is 0.873. The second-order valence-corrected chi connectivity index (χ2v) is 5.50. The van der Waals surface area contributed by atoms with E-state index in [4.69, 9.17) is 0 Å². The van der Waals surface area contributed by atoms with Crippen molar-refractivity contribution in [2.24, 2.45) is 5.92 Å². The number of hydrogen-bond acceptors (Lipinski definition) is 2. The fourth-order valence-corrected chi connectivity index (χ4v) is 2.75. The maximum Gasteiger partial charge on any atom is 0.0205 e. The minimum Gasteiger partial charge on any atom is -0.312 e. The molecule has 0 atom stereocenters. The molecule has 0 radical (unpaired) electrons. The molecular formula is C16H26N2. The van der Waals surface area contributed by atoms with Crippen molar-refractivity contribution in [2.75, 3.05) is 26.2 Å². The Morgan fingerprint density at radius 3 is 2.72 bits per heavy atom. The van der Waals surface area contributed by atoms with Crippen LogP contribution in [0.4, 0.5) is 0 Å². The van der Waals surface area contributed by atoms with Gasteiger partial charge in [-0.05, 0) is 57.4 Å². The largest absolute Gasteiger partial charge is 0.312 e. The zero-order chi connectivity index (χ0) is 12.8. The molecule has 100 valence electrons. The minimum absolute atomic E-state index is 0.873. The number of piperidine rings is 1. The van der Waals surface area contributed by atoms with Gasteiger partial charge in [0.25, 0.3) is 0 Å². The van der Waals surface area contributed by atoms with Gasteiger partial charge in [-0.25, -0.2) is 0 Å².